The van der Waals surface area contributed by atoms with Gasteiger partial charge >= 0.3 is 0 Å². The van der Waals surface area contributed by atoms with Gasteiger partial charge in [0, 0.05) is 43.8 Å². The standard InChI is InChI=1S/C26H36N6/c1-19-18-28-24(30-26(19,27)21-8-6-7-20(17-21)25(2,3)4)29-22-9-11-23(12-10-22)32-15-13-31(5)14-16-32/h6-12,17-18H,13-16,27H2,1-5H3,(H2,28,29,30). The van der Waals surface area contributed by atoms with Crippen molar-refractivity contribution < 1.29 is 0 Å². The quantitative estimate of drug-likeness (QED) is 0.688. The van der Waals surface area contributed by atoms with Gasteiger partial charge in [-0.25, -0.2) is 4.99 Å². The smallest absolute Gasteiger partial charge is 0.202 e. The van der Waals surface area contributed by atoms with Gasteiger partial charge < -0.3 is 20.4 Å². The van der Waals surface area contributed by atoms with E-state index < -0.39 is 5.66 Å². The lowest BCUT2D eigenvalue weighted by atomic mass is 9.83. The first-order valence-corrected chi connectivity index (χ1v) is 11.4. The number of nitrogens with two attached hydrogens (primary N) is 1. The molecule has 2 aliphatic rings. The van der Waals surface area contributed by atoms with E-state index in [-0.39, 0.29) is 5.41 Å². The molecule has 2 heterocycles. The van der Waals surface area contributed by atoms with Gasteiger partial charge in [0.05, 0.1) is 0 Å². The summed E-state index contributed by atoms with van der Waals surface area (Å²) in [6.07, 6.45) is 1.94. The molecule has 2 aliphatic heterocycles. The van der Waals surface area contributed by atoms with Crippen LogP contribution in [0.3, 0.4) is 0 Å². The number of hydrogen-bond acceptors (Lipinski definition) is 6. The van der Waals surface area contributed by atoms with Crippen molar-refractivity contribution in [3.05, 3.63) is 71.4 Å². The van der Waals surface area contributed by atoms with Gasteiger partial charge in [0.2, 0.25) is 5.96 Å². The predicted molar refractivity (Wildman–Crippen MR) is 135 cm³/mol. The largest absolute Gasteiger partial charge is 0.369 e. The first kappa shape index (κ1) is 22.4. The Morgan fingerprint density at radius 1 is 1.03 bits per heavy atom. The van der Waals surface area contributed by atoms with Crippen LogP contribution in [0.5, 0.6) is 0 Å². The molecule has 0 amide bonds. The molecule has 0 radical (unpaired) electrons. The fourth-order valence-electron chi connectivity index (χ4n) is 4.12. The molecule has 1 atom stereocenters. The Morgan fingerprint density at radius 2 is 1.72 bits per heavy atom. The Labute approximate surface area is 192 Å². The van der Waals surface area contributed by atoms with Crippen molar-refractivity contribution in [2.45, 2.75) is 38.8 Å². The molecular formula is C26H36N6. The highest BCUT2D eigenvalue weighted by molar-refractivity contribution is 5.95. The number of guanidine groups is 1. The number of hydrogen-bond donors (Lipinski definition) is 3. The fourth-order valence-corrected chi connectivity index (χ4v) is 4.12. The van der Waals surface area contributed by atoms with Crippen LogP contribution < -0.4 is 21.3 Å². The maximum Gasteiger partial charge on any atom is 0.202 e. The van der Waals surface area contributed by atoms with Gasteiger partial charge in [0.15, 0.2) is 5.66 Å². The lowest BCUT2D eigenvalue weighted by Crippen LogP contribution is -2.45. The zero-order valence-corrected chi connectivity index (χ0v) is 19.9. The predicted octanol–water partition coefficient (Wildman–Crippen LogP) is 3.82. The Bertz CT molecular complexity index is 1010. The molecule has 4 rings (SSSR count). The van der Waals surface area contributed by atoms with Crippen molar-refractivity contribution in [3.8, 4) is 0 Å². The van der Waals surface area contributed by atoms with Crippen molar-refractivity contribution >= 4 is 17.3 Å². The first-order valence-electron chi connectivity index (χ1n) is 11.4. The molecule has 1 fully saturated rings. The third-order valence-electron chi connectivity index (χ3n) is 6.48. The topological polar surface area (TPSA) is 68.9 Å². The minimum Gasteiger partial charge on any atom is -0.369 e. The summed E-state index contributed by atoms with van der Waals surface area (Å²) >= 11 is 0. The van der Waals surface area contributed by atoms with Crippen molar-refractivity contribution in [1.29, 1.82) is 0 Å². The number of anilines is 2. The number of piperazine rings is 1. The summed E-state index contributed by atoms with van der Waals surface area (Å²) in [5.74, 6) is 0.645. The van der Waals surface area contributed by atoms with Crippen LogP contribution in [0.2, 0.25) is 0 Å². The van der Waals surface area contributed by atoms with E-state index >= 15 is 0 Å². The molecule has 0 aromatic heterocycles. The van der Waals surface area contributed by atoms with Crippen LogP contribution in [0.4, 0.5) is 11.4 Å². The number of nitrogens with one attached hydrogen (secondary N) is 2. The van der Waals surface area contributed by atoms with Crippen molar-refractivity contribution in [2.75, 3.05) is 43.4 Å². The molecule has 2 aromatic carbocycles. The number of rotatable bonds is 3. The molecule has 32 heavy (non-hydrogen) atoms. The van der Waals surface area contributed by atoms with Crippen molar-refractivity contribution in [2.24, 2.45) is 10.7 Å². The van der Waals surface area contributed by atoms with E-state index in [0.29, 0.717) is 5.96 Å². The molecule has 1 unspecified atom stereocenters. The summed E-state index contributed by atoms with van der Waals surface area (Å²) in [4.78, 5) is 9.69. The lowest BCUT2D eigenvalue weighted by molar-refractivity contribution is 0.313. The van der Waals surface area contributed by atoms with E-state index in [1.807, 2.05) is 13.1 Å². The summed E-state index contributed by atoms with van der Waals surface area (Å²) in [5.41, 5.74) is 11.4. The molecular weight excluding hydrogens is 396 g/mol. The van der Waals surface area contributed by atoms with Gasteiger partial charge in [-0.15, -0.1) is 0 Å². The van der Waals surface area contributed by atoms with Crippen LogP contribution in [-0.4, -0.2) is 44.1 Å². The summed E-state index contributed by atoms with van der Waals surface area (Å²) in [5, 5.41) is 6.65. The zero-order chi connectivity index (χ0) is 22.9. The highest BCUT2D eigenvalue weighted by atomic mass is 15.3. The van der Waals surface area contributed by atoms with Crippen molar-refractivity contribution in [1.82, 2.24) is 10.2 Å². The maximum absolute atomic E-state index is 6.87. The van der Waals surface area contributed by atoms with E-state index in [0.717, 1.165) is 43.0 Å². The van der Waals surface area contributed by atoms with Crippen LogP contribution in [0.25, 0.3) is 0 Å². The van der Waals surface area contributed by atoms with E-state index in [1.54, 1.807) is 0 Å². The molecule has 0 bridgehead atoms. The van der Waals surface area contributed by atoms with Gasteiger partial charge in [-0.3, -0.25) is 5.73 Å². The third kappa shape index (κ3) is 4.66. The minimum absolute atomic E-state index is 0.0488. The number of aliphatic imine (C=N–C) groups is 1. The van der Waals surface area contributed by atoms with E-state index in [2.05, 4.69) is 96.8 Å². The van der Waals surface area contributed by atoms with Crippen LogP contribution >= 0.6 is 0 Å². The average molecular weight is 433 g/mol. The van der Waals surface area contributed by atoms with Gasteiger partial charge in [0.1, 0.15) is 0 Å². The highest BCUT2D eigenvalue weighted by Crippen LogP contribution is 2.33. The molecule has 0 aliphatic carbocycles. The molecule has 4 N–H and O–H groups in total. The minimum atomic E-state index is -0.908. The summed E-state index contributed by atoms with van der Waals surface area (Å²) in [6.45, 7) is 13.0. The highest BCUT2D eigenvalue weighted by Gasteiger charge is 2.33. The van der Waals surface area contributed by atoms with Gasteiger partial charge in [-0.1, -0.05) is 45.0 Å². The molecule has 0 saturated carbocycles. The molecule has 6 nitrogen and oxygen atoms in total. The van der Waals surface area contributed by atoms with E-state index in [1.165, 1.54) is 11.3 Å². The third-order valence-corrected chi connectivity index (χ3v) is 6.48. The molecule has 2 aromatic rings. The fraction of sp³-hybridized carbons (Fsp3) is 0.423. The second kappa shape index (κ2) is 8.60. The Kier molecular flexibility index (Phi) is 6.01. The SMILES string of the molecule is CC1=CNC(Nc2ccc(N3CCN(C)CC3)cc2)=NC1(N)c1cccc(C(C)(C)C)c1. The Balaban J connectivity index is 1.53. The Hall–Kier alpha value is -2.83. The molecule has 1 saturated heterocycles. The normalized spacial score (nSPS) is 22.1. The van der Waals surface area contributed by atoms with Gasteiger partial charge in [0.25, 0.3) is 0 Å². The second-order valence-electron chi connectivity index (χ2n) is 9.99. The van der Waals surface area contributed by atoms with Crippen molar-refractivity contribution in [3.63, 3.8) is 0 Å². The summed E-state index contributed by atoms with van der Waals surface area (Å²) < 4.78 is 0. The second-order valence-corrected chi connectivity index (χ2v) is 9.99. The number of benzene rings is 2. The first-order chi connectivity index (χ1) is 15.1. The van der Waals surface area contributed by atoms with E-state index in [4.69, 9.17) is 10.7 Å². The van der Waals surface area contributed by atoms with Crippen LogP contribution in [0, 0.1) is 0 Å². The van der Waals surface area contributed by atoms with Crippen LogP contribution in [0.1, 0.15) is 38.8 Å². The van der Waals surface area contributed by atoms with Gasteiger partial charge in [-0.05, 0) is 60.4 Å². The van der Waals surface area contributed by atoms with E-state index in [9.17, 15) is 0 Å². The maximum atomic E-state index is 6.87. The Morgan fingerprint density at radius 3 is 2.38 bits per heavy atom. The number of likely N-dealkylation sites (N-methyl/N-ethyl adjacent to an activating group) is 1. The van der Waals surface area contributed by atoms with Crippen LogP contribution in [-0.2, 0) is 11.1 Å². The van der Waals surface area contributed by atoms with Gasteiger partial charge in [-0.2, -0.15) is 0 Å². The molecule has 170 valence electrons. The number of nitrogens with zero attached hydrogens (tertiary/aromatic N) is 3. The zero-order valence-electron chi connectivity index (χ0n) is 19.9. The average Bonchev–Trinajstić information content (AvgIpc) is 2.77. The monoisotopic (exact) mass is 432 g/mol. The summed E-state index contributed by atoms with van der Waals surface area (Å²) in [7, 11) is 2.18. The molecule has 6 heteroatoms. The van der Waals surface area contributed by atoms with Crippen LogP contribution in [0.15, 0.2) is 65.3 Å². The lowest BCUT2D eigenvalue weighted by Gasteiger charge is -2.34. The molecule has 0 spiro atoms. The summed E-state index contributed by atoms with van der Waals surface area (Å²) in [6, 6.07) is 17.0.